The van der Waals surface area contributed by atoms with Crippen LogP contribution in [0, 0.1) is 12.8 Å². The Morgan fingerprint density at radius 3 is 2.53 bits per heavy atom. The van der Waals surface area contributed by atoms with E-state index in [0.717, 1.165) is 5.92 Å². The number of rotatable bonds is 5. The summed E-state index contributed by atoms with van der Waals surface area (Å²) < 4.78 is 0. The van der Waals surface area contributed by atoms with Gasteiger partial charge in [0.2, 0.25) is 0 Å². The van der Waals surface area contributed by atoms with Gasteiger partial charge in [0.1, 0.15) is 0 Å². The lowest BCUT2D eigenvalue weighted by molar-refractivity contribution is 0.637. The van der Waals surface area contributed by atoms with Gasteiger partial charge in [0.25, 0.3) is 0 Å². The van der Waals surface area contributed by atoms with Crippen molar-refractivity contribution in [2.75, 3.05) is 0 Å². The lowest BCUT2D eigenvalue weighted by Crippen LogP contribution is -2.01. The topological polar surface area (TPSA) is 0 Å². The minimum Gasteiger partial charge on any atom is -0.123 e. The Labute approximate surface area is 97.6 Å². The Bertz CT molecular complexity index is 298. The van der Waals surface area contributed by atoms with Gasteiger partial charge in [-0.05, 0) is 50.5 Å². The second-order valence-electron chi connectivity index (χ2n) is 4.73. The summed E-state index contributed by atoms with van der Waals surface area (Å²) in [6.07, 6.45) is 6.31. The van der Waals surface area contributed by atoms with Crippen LogP contribution >= 0.6 is 11.6 Å². The SMILES string of the molecule is Cc1ccc(CCCC(Cl)C2CC2)cc1. The number of halogens is 1. The van der Waals surface area contributed by atoms with E-state index >= 15 is 0 Å². The molecular weight excluding hydrogens is 204 g/mol. The molecule has 1 atom stereocenters. The molecule has 1 fully saturated rings. The molecule has 0 saturated heterocycles. The fourth-order valence-electron chi connectivity index (χ4n) is 1.95. The van der Waals surface area contributed by atoms with Crippen LogP contribution in [-0.4, -0.2) is 5.38 Å². The van der Waals surface area contributed by atoms with Gasteiger partial charge in [0.05, 0.1) is 0 Å². The number of aryl methyl sites for hydroxylation is 2. The normalized spacial score (nSPS) is 17.7. The van der Waals surface area contributed by atoms with E-state index in [0.29, 0.717) is 5.38 Å². The summed E-state index contributed by atoms with van der Waals surface area (Å²) >= 11 is 6.27. The molecule has 1 heteroatoms. The average molecular weight is 223 g/mol. The molecule has 2 rings (SSSR count). The first-order valence-corrected chi connectivity index (χ1v) is 6.39. The van der Waals surface area contributed by atoms with E-state index in [1.807, 2.05) is 0 Å². The molecule has 0 radical (unpaired) electrons. The third kappa shape index (κ3) is 3.53. The number of benzene rings is 1. The van der Waals surface area contributed by atoms with Crippen molar-refractivity contribution in [3.63, 3.8) is 0 Å². The van der Waals surface area contributed by atoms with E-state index < -0.39 is 0 Å². The van der Waals surface area contributed by atoms with Crippen LogP contribution in [0.3, 0.4) is 0 Å². The Hall–Kier alpha value is -0.490. The van der Waals surface area contributed by atoms with Gasteiger partial charge >= 0.3 is 0 Å². The summed E-state index contributed by atoms with van der Waals surface area (Å²) in [7, 11) is 0. The molecule has 0 nitrogen and oxygen atoms in total. The average Bonchev–Trinajstić information content (AvgIpc) is 3.04. The standard InChI is InChI=1S/C14H19Cl/c1-11-5-7-12(8-6-11)3-2-4-14(15)13-9-10-13/h5-8,13-14H,2-4,9-10H2,1H3. The molecule has 0 aromatic heterocycles. The second-order valence-corrected chi connectivity index (χ2v) is 5.29. The van der Waals surface area contributed by atoms with Gasteiger partial charge < -0.3 is 0 Å². The summed E-state index contributed by atoms with van der Waals surface area (Å²) in [6.45, 7) is 2.13. The van der Waals surface area contributed by atoms with Crippen LogP contribution in [-0.2, 0) is 6.42 Å². The molecule has 1 saturated carbocycles. The smallest absolute Gasteiger partial charge is 0.0364 e. The molecule has 1 aliphatic carbocycles. The zero-order valence-electron chi connectivity index (χ0n) is 9.38. The van der Waals surface area contributed by atoms with Gasteiger partial charge in [-0.15, -0.1) is 11.6 Å². The second kappa shape index (κ2) is 5.03. The Kier molecular flexibility index (Phi) is 3.69. The van der Waals surface area contributed by atoms with Crippen molar-refractivity contribution in [3.05, 3.63) is 35.4 Å². The molecule has 1 aromatic rings. The lowest BCUT2D eigenvalue weighted by atomic mass is 10.0. The highest BCUT2D eigenvalue weighted by Crippen LogP contribution is 2.37. The summed E-state index contributed by atoms with van der Waals surface area (Å²) in [5.41, 5.74) is 2.78. The predicted octanol–water partition coefficient (Wildman–Crippen LogP) is 4.34. The van der Waals surface area contributed by atoms with Crippen LogP contribution in [0.25, 0.3) is 0 Å². The molecule has 0 spiro atoms. The molecule has 15 heavy (non-hydrogen) atoms. The maximum atomic E-state index is 6.27. The van der Waals surface area contributed by atoms with Gasteiger partial charge in [-0.2, -0.15) is 0 Å². The third-order valence-corrected chi connectivity index (χ3v) is 3.77. The van der Waals surface area contributed by atoms with Crippen molar-refractivity contribution in [2.24, 2.45) is 5.92 Å². The molecule has 0 aliphatic heterocycles. The van der Waals surface area contributed by atoms with Crippen molar-refractivity contribution in [3.8, 4) is 0 Å². The van der Waals surface area contributed by atoms with Crippen LogP contribution in [0.4, 0.5) is 0 Å². The first-order valence-electron chi connectivity index (χ1n) is 5.95. The molecule has 0 bridgehead atoms. The van der Waals surface area contributed by atoms with Crippen molar-refractivity contribution >= 4 is 11.6 Å². The highest BCUT2D eigenvalue weighted by molar-refractivity contribution is 6.20. The first kappa shape index (κ1) is 11.0. The predicted molar refractivity (Wildman–Crippen MR) is 66.5 cm³/mol. The number of hydrogen-bond acceptors (Lipinski definition) is 0. The van der Waals surface area contributed by atoms with Crippen LogP contribution in [0.2, 0.25) is 0 Å². The Balaban J connectivity index is 1.70. The zero-order chi connectivity index (χ0) is 10.7. The summed E-state index contributed by atoms with van der Waals surface area (Å²) in [6, 6.07) is 8.84. The monoisotopic (exact) mass is 222 g/mol. The maximum absolute atomic E-state index is 6.27. The van der Waals surface area contributed by atoms with Gasteiger partial charge in [0, 0.05) is 5.38 Å². The van der Waals surface area contributed by atoms with E-state index in [1.165, 1.54) is 43.2 Å². The number of alkyl halides is 1. The maximum Gasteiger partial charge on any atom is 0.0364 e. The van der Waals surface area contributed by atoms with Crippen LogP contribution in [0.5, 0.6) is 0 Å². The van der Waals surface area contributed by atoms with Crippen LogP contribution in [0.1, 0.15) is 36.8 Å². The minimum atomic E-state index is 0.440. The van der Waals surface area contributed by atoms with Crippen molar-refractivity contribution < 1.29 is 0 Å². The van der Waals surface area contributed by atoms with E-state index in [-0.39, 0.29) is 0 Å². The number of hydrogen-bond donors (Lipinski definition) is 0. The van der Waals surface area contributed by atoms with Crippen molar-refractivity contribution in [1.29, 1.82) is 0 Å². The summed E-state index contributed by atoms with van der Waals surface area (Å²) in [4.78, 5) is 0. The first-order chi connectivity index (χ1) is 7.25. The van der Waals surface area contributed by atoms with Gasteiger partial charge in [-0.3, -0.25) is 0 Å². The summed E-state index contributed by atoms with van der Waals surface area (Å²) in [5.74, 6) is 0.838. The minimum absolute atomic E-state index is 0.440. The van der Waals surface area contributed by atoms with E-state index in [1.54, 1.807) is 0 Å². The fraction of sp³-hybridized carbons (Fsp3) is 0.571. The lowest BCUT2D eigenvalue weighted by Gasteiger charge is -2.07. The van der Waals surface area contributed by atoms with E-state index in [2.05, 4.69) is 31.2 Å². The zero-order valence-corrected chi connectivity index (χ0v) is 10.1. The highest BCUT2D eigenvalue weighted by Gasteiger charge is 2.28. The van der Waals surface area contributed by atoms with E-state index in [9.17, 15) is 0 Å². The Morgan fingerprint density at radius 2 is 1.93 bits per heavy atom. The van der Waals surface area contributed by atoms with Gasteiger partial charge in [-0.25, -0.2) is 0 Å². The van der Waals surface area contributed by atoms with Gasteiger partial charge in [0.15, 0.2) is 0 Å². The summed E-state index contributed by atoms with van der Waals surface area (Å²) in [5, 5.41) is 0.440. The van der Waals surface area contributed by atoms with E-state index in [4.69, 9.17) is 11.6 Å². The molecule has 0 N–H and O–H groups in total. The largest absolute Gasteiger partial charge is 0.123 e. The molecule has 82 valence electrons. The van der Waals surface area contributed by atoms with Crippen LogP contribution < -0.4 is 0 Å². The quantitative estimate of drug-likeness (QED) is 0.651. The van der Waals surface area contributed by atoms with Crippen LogP contribution in [0.15, 0.2) is 24.3 Å². The molecule has 1 aliphatic rings. The van der Waals surface area contributed by atoms with Gasteiger partial charge in [-0.1, -0.05) is 29.8 Å². The molecule has 0 heterocycles. The third-order valence-electron chi connectivity index (χ3n) is 3.20. The molecule has 1 unspecified atom stereocenters. The molecule has 1 aromatic carbocycles. The molecule has 0 amide bonds. The Morgan fingerprint density at radius 1 is 1.27 bits per heavy atom. The molecular formula is C14H19Cl. The highest BCUT2D eigenvalue weighted by atomic mass is 35.5. The van der Waals surface area contributed by atoms with Crippen molar-refractivity contribution in [2.45, 2.75) is 44.4 Å². The van der Waals surface area contributed by atoms with Crippen molar-refractivity contribution in [1.82, 2.24) is 0 Å². The fourth-order valence-corrected chi connectivity index (χ4v) is 2.36.